The third kappa shape index (κ3) is 6.29. The maximum atomic E-state index is 6.29. The Hall–Kier alpha value is -4.13. The normalized spacial score (nSPS) is 16.4. The van der Waals surface area contributed by atoms with Crippen LogP contribution in [0.25, 0.3) is 21.5 Å². The van der Waals surface area contributed by atoms with Gasteiger partial charge < -0.3 is 5.73 Å². The van der Waals surface area contributed by atoms with Gasteiger partial charge in [0.2, 0.25) is 0 Å². The zero-order chi connectivity index (χ0) is 28.0. The van der Waals surface area contributed by atoms with Gasteiger partial charge in [0.25, 0.3) is 0 Å². The fourth-order valence-corrected chi connectivity index (χ4v) is 6.34. The Morgan fingerprint density at radius 3 is 1.90 bits per heavy atom. The molecule has 1 aliphatic rings. The van der Waals surface area contributed by atoms with Crippen molar-refractivity contribution in [1.29, 1.82) is 0 Å². The number of anilines is 1. The number of hydrogen-bond donors (Lipinski definition) is 4. The van der Waals surface area contributed by atoms with Crippen LogP contribution in [0, 0.1) is 6.92 Å². The summed E-state index contributed by atoms with van der Waals surface area (Å²) in [7, 11) is 0. The Morgan fingerprint density at radius 1 is 0.610 bits per heavy atom. The van der Waals surface area contributed by atoms with Gasteiger partial charge in [0.15, 0.2) is 0 Å². The van der Waals surface area contributed by atoms with Crippen LogP contribution < -0.4 is 21.9 Å². The summed E-state index contributed by atoms with van der Waals surface area (Å²) >= 11 is 1.83. The smallest absolute Gasteiger partial charge is 0.0978 e. The minimum absolute atomic E-state index is 0.154. The first-order chi connectivity index (χ1) is 20.2. The number of nitrogens with two attached hydrogens (primary N) is 1. The number of fused-ring (bicyclic) bond motifs is 2. The van der Waals surface area contributed by atoms with E-state index in [0.29, 0.717) is 0 Å². The number of aryl methyl sites for hydroxylation is 1. The van der Waals surface area contributed by atoms with Crippen molar-refractivity contribution in [2.45, 2.75) is 29.9 Å². The number of rotatable bonds is 5. The van der Waals surface area contributed by atoms with E-state index >= 15 is 0 Å². The summed E-state index contributed by atoms with van der Waals surface area (Å²) in [6.07, 6.45) is 0.308. The Morgan fingerprint density at radius 2 is 1.20 bits per heavy atom. The summed E-state index contributed by atoms with van der Waals surface area (Å²) in [6, 6.07) is 46.4. The van der Waals surface area contributed by atoms with Crippen molar-refractivity contribution in [3.05, 3.63) is 156 Å². The van der Waals surface area contributed by atoms with Crippen LogP contribution in [0.3, 0.4) is 0 Å². The zero-order valence-electron chi connectivity index (χ0n) is 23.0. The molecule has 0 bridgehead atoms. The van der Waals surface area contributed by atoms with Gasteiger partial charge in [-0.3, -0.25) is 5.32 Å². The van der Waals surface area contributed by atoms with E-state index < -0.39 is 0 Å². The summed E-state index contributed by atoms with van der Waals surface area (Å²) in [5, 5.41) is 8.61. The van der Waals surface area contributed by atoms with Gasteiger partial charge in [-0.15, -0.1) is 11.8 Å². The molecule has 2 unspecified atom stereocenters. The topological polar surface area (TPSA) is 62.1 Å². The van der Waals surface area contributed by atoms with Crippen LogP contribution in [-0.4, -0.2) is 0 Å². The average Bonchev–Trinajstić information content (AvgIpc) is 3.53. The number of benzene rings is 6. The summed E-state index contributed by atoms with van der Waals surface area (Å²) in [4.78, 5) is 1.18. The van der Waals surface area contributed by atoms with Crippen molar-refractivity contribution in [3.63, 3.8) is 0 Å². The van der Waals surface area contributed by atoms with E-state index in [1.54, 1.807) is 0 Å². The summed E-state index contributed by atoms with van der Waals surface area (Å²) in [5.74, 6) is 0.915. The van der Waals surface area contributed by atoms with Gasteiger partial charge in [0.05, 0.1) is 12.3 Å². The van der Waals surface area contributed by atoms with Gasteiger partial charge >= 0.3 is 0 Å². The molecule has 5 N–H and O–H groups in total. The Labute approximate surface area is 246 Å². The molecule has 41 heavy (non-hydrogen) atoms. The number of nitrogen functional groups attached to an aromatic ring is 1. The Bertz CT molecular complexity index is 1700. The Balaban J connectivity index is 0.000000156. The van der Waals surface area contributed by atoms with E-state index in [1.165, 1.54) is 48.7 Å². The molecular formula is C36H34N4S. The summed E-state index contributed by atoms with van der Waals surface area (Å²) < 4.78 is 0. The van der Waals surface area contributed by atoms with Crippen molar-refractivity contribution in [2.75, 3.05) is 5.73 Å². The van der Waals surface area contributed by atoms with Gasteiger partial charge in [-0.05, 0) is 51.2 Å². The van der Waals surface area contributed by atoms with E-state index in [9.17, 15) is 0 Å². The molecule has 6 aromatic rings. The molecule has 1 fully saturated rings. The third-order valence-corrected chi connectivity index (χ3v) is 8.58. The average molecular weight is 555 g/mol. The van der Waals surface area contributed by atoms with Crippen molar-refractivity contribution in [1.82, 2.24) is 16.2 Å². The van der Waals surface area contributed by atoms with Crippen LogP contribution in [0.1, 0.15) is 34.6 Å². The van der Waals surface area contributed by atoms with Gasteiger partial charge in [-0.1, -0.05) is 133 Å². The highest BCUT2D eigenvalue weighted by atomic mass is 32.2. The molecule has 1 saturated heterocycles. The van der Waals surface area contributed by atoms with E-state index in [4.69, 9.17) is 5.73 Å². The predicted octanol–water partition coefficient (Wildman–Crippen LogP) is 8.26. The molecule has 1 aliphatic heterocycles. The van der Waals surface area contributed by atoms with Crippen LogP contribution in [-0.2, 0) is 5.75 Å². The number of nitrogens with one attached hydrogen (secondary N) is 3. The molecule has 0 aromatic heterocycles. The van der Waals surface area contributed by atoms with Crippen molar-refractivity contribution in [3.8, 4) is 0 Å². The molecule has 6 aromatic carbocycles. The maximum Gasteiger partial charge on any atom is 0.0978 e. The molecule has 0 saturated carbocycles. The van der Waals surface area contributed by atoms with Crippen LogP contribution in [0.5, 0.6) is 0 Å². The molecule has 0 radical (unpaired) electrons. The maximum absolute atomic E-state index is 6.29. The van der Waals surface area contributed by atoms with E-state index in [2.05, 4.69) is 138 Å². The minimum atomic E-state index is 0.154. The van der Waals surface area contributed by atoms with E-state index in [0.717, 1.165) is 11.4 Å². The second-order valence-electron chi connectivity index (χ2n) is 10.3. The molecule has 0 aliphatic carbocycles. The molecule has 0 spiro atoms. The summed E-state index contributed by atoms with van der Waals surface area (Å²) in [6.45, 7) is 2.13. The minimum Gasteiger partial charge on any atom is -0.398 e. The fraction of sp³-hybridized carbons (Fsp3) is 0.111. The summed E-state index contributed by atoms with van der Waals surface area (Å²) in [5.41, 5.74) is 18.8. The van der Waals surface area contributed by atoms with Gasteiger partial charge in [-0.25, -0.2) is 10.9 Å². The van der Waals surface area contributed by atoms with E-state index in [-0.39, 0.29) is 12.3 Å². The molecule has 5 heteroatoms. The van der Waals surface area contributed by atoms with Gasteiger partial charge in [-0.2, -0.15) is 0 Å². The van der Waals surface area contributed by atoms with E-state index in [1.807, 2.05) is 30.0 Å². The van der Waals surface area contributed by atoms with Gasteiger partial charge in [0, 0.05) is 16.3 Å². The van der Waals surface area contributed by atoms with Crippen molar-refractivity contribution < 1.29 is 0 Å². The largest absolute Gasteiger partial charge is 0.398 e. The quantitative estimate of drug-likeness (QED) is 0.128. The second kappa shape index (κ2) is 12.6. The van der Waals surface area contributed by atoms with Crippen LogP contribution in [0.15, 0.2) is 138 Å². The first kappa shape index (κ1) is 27.1. The molecule has 1 heterocycles. The molecular weight excluding hydrogens is 520 g/mol. The SMILES string of the molecule is Cc1ccc2ccc(N)c(SCc3cccc4ccccc34)c2c1.c1ccc(C2NNC(c3ccccc3)N2)cc1. The van der Waals surface area contributed by atoms with Crippen molar-refractivity contribution >= 4 is 39.0 Å². The molecule has 2 atom stereocenters. The lowest BCUT2D eigenvalue weighted by Crippen LogP contribution is -2.26. The molecule has 4 nitrogen and oxygen atoms in total. The predicted molar refractivity (Wildman–Crippen MR) is 174 cm³/mol. The first-order valence-corrected chi connectivity index (χ1v) is 14.9. The number of thioether (sulfide) groups is 1. The highest BCUT2D eigenvalue weighted by molar-refractivity contribution is 7.99. The van der Waals surface area contributed by atoms with Gasteiger partial charge in [0.1, 0.15) is 0 Å². The fourth-order valence-electron chi connectivity index (χ4n) is 5.22. The van der Waals surface area contributed by atoms with Crippen LogP contribution >= 0.6 is 11.8 Å². The molecule has 204 valence electrons. The molecule has 7 rings (SSSR count). The first-order valence-electron chi connectivity index (χ1n) is 13.9. The van der Waals surface area contributed by atoms with Crippen LogP contribution in [0.4, 0.5) is 5.69 Å². The lowest BCUT2D eigenvalue weighted by Gasteiger charge is -2.12. The highest BCUT2D eigenvalue weighted by Gasteiger charge is 2.24. The zero-order valence-corrected chi connectivity index (χ0v) is 23.9. The lowest BCUT2D eigenvalue weighted by molar-refractivity contribution is 0.554. The Kier molecular flexibility index (Phi) is 8.31. The molecule has 0 amide bonds. The highest BCUT2D eigenvalue weighted by Crippen LogP contribution is 2.36. The van der Waals surface area contributed by atoms with Crippen molar-refractivity contribution in [2.24, 2.45) is 0 Å². The van der Waals surface area contributed by atoms with Crippen LogP contribution in [0.2, 0.25) is 0 Å². The standard InChI is InChI=1S/C22H19NS.C14H15N3/c1-15-9-10-17-11-12-21(23)22(20(17)13-15)24-14-18-7-4-6-16-5-2-3-8-19(16)18;1-3-7-11(8-4-1)13-15-14(17-16-13)12-9-5-2-6-10-12/h2-13H,14,23H2,1H3;1-10,13-17H. The number of hydrogen-bond acceptors (Lipinski definition) is 5. The second-order valence-corrected chi connectivity index (χ2v) is 11.3. The lowest BCUT2D eigenvalue weighted by atomic mass is 10.1. The third-order valence-electron chi connectivity index (χ3n) is 7.38. The monoisotopic (exact) mass is 554 g/mol. The number of hydrazine groups is 1.